The molecule has 0 radical (unpaired) electrons. The van der Waals surface area contributed by atoms with Gasteiger partial charge in [0.05, 0.1) is 0 Å². The van der Waals surface area contributed by atoms with E-state index in [2.05, 4.69) is 11.2 Å². The van der Waals surface area contributed by atoms with Crippen LogP contribution in [0.1, 0.15) is 27.7 Å². The van der Waals surface area contributed by atoms with Crippen molar-refractivity contribution in [1.82, 2.24) is 10.2 Å². The summed E-state index contributed by atoms with van der Waals surface area (Å²) in [5, 5.41) is 3.30. The van der Waals surface area contributed by atoms with Gasteiger partial charge in [-0.3, -0.25) is 0 Å². The molecule has 90 valence electrons. The summed E-state index contributed by atoms with van der Waals surface area (Å²) in [4.78, 5) is 13.6. The monoisotopic (exact) mass is 224 g/mol. The number of ether oxygens (including phenoxy) is 1. The molecular formula is C12H20N2O2. The Kier molecular flexibility index (Phi) is 3.82. The quantitative estimate of drug-likeness (QED) is 0.681. The first-order chi connectivity index (χ1) is 7.35. The summed E-state index contributed by atoms with van der Waals surface area (Å²) < 4.78 is 5.27. The van der Waals surface area contributed by atoms with E-state index in [0.717, 1.165) is 6.54 Å². The van der Waals surface area contributed by atoms with Gasteiger partial charge in [0.2, 0.25) is 0 Å². The first-order valence-electron chi connectivity index (χ1n) is 5.56. The lowest BCUT2D eigenvalue weighted by atomic mass is 10.1. The highest BCUT2D eigenvalue weighted by molar-refractivity contribution is 5.69. The van der Waals surface area contributed by atoms with Crippen LogP contribution in [0.2, 0.25) is 0 Å². The largest absolute Gasteiger partial charge is 0.430 e. The van der Waals surface area contributed by atoms with Crippen LogP contribution in [0.3, 0.4) is 0 Å². The molecule has 0 spiro atoms. The number of amides is 1. The van der Waals surface area contributed by atoms with Crippen LogP contribution in [0.15, 0.2) is 0 Å². The number of terminal acetylenes is 1. The molecule has 1 heterocycles. The molecule has 4 heteroatoms. The summed E-state index contributed by atoms with van der Waals surface area (Å²) >= 11 is 0. The van der Waals surface area contributed by atoms with Crippen molar-refractivity contribution in [1.29, 1.82) is 0 Å². The number of nitrogens with zero attached hydrogens (tertiary/aromatic N) is 1. The van der Waals surface area contributed by atoms with Crippen molar-refractivity contribution < 1.29 is 9.53 Å². The van der Waals surface area contributed by atoms with Crippen LogP contribution < -0.4 is 5.32 Å². The average Bonchev–Trinajstić information content (AvgIpc) is 2.21. The van der Waals surface area contributed by atoms with Gasteiger partial charge in [0, 0.05) is 25.2 Å². The molecule has 1 N–H and O–H groups in total. The van der Waals surface area contributed by atoms with Crippen LogP contribution >= 0.6 is 0 Å². The minimum atomic E-state index is -0.842. The third-order valence-electron chi connectivity index (χ3n) is 2.69. The molecule has 1 aliphatic heterocycles. The first-order valence-corrected chi connectivity index (χ1v) is 5.56. The molecular weight excluding hydrogens is 204 g/mol. The number of piperazine rings is 1. The average molecular weight is 224 g/mol. The van der Waals surface area contributed by atoms with Gasteiger partial charge >= 0.3 is 6.09 Å². The summed E-state index contributed by atoms with van der Waals surface area (Å²) in [6.45, 7) is 8.89. The molecule has 1 fully saturated rings. The molecule has 0 aromatic rings. The zero-order valence-corrected chi connectivity index (χ0v) is 10.4. The molecule has 1 amide bonds. The fraction of sp³-hybridized carbons (Fsp3) is 0.750. The summed E-state index contributed by atoms with van der Waals surface area (Å²) in [6.07, 6.45) is 4.96. The zero-order valence-electron chi connectivity index (χ0n) is 10.4. The molecule has 1 aliphatic rings. The van der Waals surface area contributed by atoms with Crippen LogP contribution in [0.25, 0.3) is 0 Å². The van der Waals surface area contributed by atoms with Gasteiger partial charge in [0.1, 0.15) is 0 Å². The van der Waals surface area contributed by atoms with Gasteiger partial charge in [-0.15, -0.1) is 6.42 Å². The zero-order chi connectivity index (χ0) is 12.3. The lowest BCUT2D eigenvalue weighted by molar-refractivity contribution is 0.0283. The van der Waals surface area contributed by atoms with Crippen molar-refractivity contribution in [2.75, 3.05) is 13.1 Å². The van der Waals surface area contributed by atoms with Crippen LogP contribution in [-0.2, 0) is 4.74 Å². The maximum absolute atomic E-state index is 11.9. The lowest BCUT2D eigenvalue weighted by Gasteiger charge is -2.37. The number of nitrogens with one attached hydrogen (secondary N) is 1. The van der Waals surface area contributed by atoms with E-state index in [9.17, 15) is 4.79 Å². The molecule has 0 aliphatic carbocycles. The number of hydrogen-bond donors (Lipinski definition) is 1. The molecule has 0 aromatic carbocycles. The summed E-state index contributed by atoms with van der Waals surface area (Å²) in [5.41, 5.74) is -0.842. The minimum absolute atomic E-state index is 0.136. The molecule has 0 saturated carbocycles. The normalized spacial score (nSPS) is 26.1. The van der Waals surface area contributed by atoms with E-state index in [0.29, 0.717) is 6.54 Å². The van der Waals surface area contributed by atoms with Gasteiger partial charge in [0.15, 0.2) is 5.60 Å². The number of hydrogen-bond acceptors (Lipinski definition) is 3. The number of carbonyl (C=O) groups is 1. The van der Waals surface area contributed by atoms with E-state index in [1.54, 1.807) is 18.7 Å². The van der Waals surface area contributed by atoms with E-state index in [-0.39, 0.29) is 18.2 Å². The van der Waals surface area contributed by atoms with Gasteiger partial charge in [-0.25, -0.2) is 4.79 Å². The fourth-order valence-electron chi connectivity index (χ4n) is 1.58. The molecule has 0 aromatic heterocycles. The van der Waals surface area contributed by atoms with Gasteiger partial charge in [0.25, 0.3) is 0 Å². The van der Waals surface area contributed by atoms with Crippen molar-refractivity contribution in [2.45, 2.75) is 45.4 Å². The van der Waals surface area contributed by atoms with E-state index >= 15 is 0 Å². The highest BCUT2D eigenvalue weighted by Gasteiger charge is 2.30. The lowest BCUT2D eigenvalue weighted by Crippen LogP contribution is -2.57. The van der Waals surface area contributed by atoms with Crippen molar-refractivity contribution in [3.05, 3.63) is 0 Å². The summed E-state index contributed by atoms with van der Waals surface area (Å²) in [5.74, 6) is 2.45. The van der Waals surface area contributed by atoms with Crippen molar-refractivity contribution in [3.8, 4) is 12.3 Å². The molecule has 4 nitrogen and oxygen atoms in total. The second-order valence-corrected chi connectivity index (χ2v) is 4.83. The predicted octanol–water partition coefficient (Wildman–Crippen LogP) is 1.22. The van der Waals surface area contributed by atoms with E-state index in [4.69, 9.17) is 11.2 Å². The second-order valence-electron chi connectivity index (χ2n) is 4.83. The summed E-state index contributed by atoms with van der Waals surface area (Å²) in [7, 11) is 0. The minimum Gasteiger partial charge on any atom is -0.430 e. The van der Waals surface area contributed by atoms with Gasteiger partial charge in [-0.2, -0.15) is 0 Å². The van der Waals surface area contributed by atoms with Crippen molar-refractivity contribution >= 4 is 6.09 Å². The van der Waals surface area contributed by atoms with Crippen LogP contribution in [0, 0.1) is 12.3 Å². The Morgan fingerprint density at radius 2 is 2.19 bits per heavy atom. The van der Waals surface area contributed by atoms with Crippen LogP contribution in [-0.4, -0.2) is 41.8 Å². The third kappa shape index (κ3) is 3.14. The fourth-order valence-corrected chi connectivity index (χ4v) is 1.58. The predicted molar refractivity (Wildman–Crippen MR) is 63.0 cm³/mol. The van der Waals surface area contributed by atoms with Crippen molar-refractivity contribution in [3.63, 3.8) is 0 Å². The van der Waals surface area contributed by atoms with Gasteiger partial charge in [-0.05, 0) is 27.7 Å². The maximum atomic E-state index is 11.9. The Hall–Kier alpha value is -1.21. The second kappa shape index (κ2) is 4.75. The Morgan fingerprint density at radius 1 is 1.56 bits per heavy atom. The highest BCUT2D eigenvalue weighted by Crippen LogP contribution is 2.14. The van der Waals surface area contributed by atoms with Gasteiger partial charge < -0.3 is 15.0 Å². The molecule has 1 saturated heterocycles. The van der Waals surface area contributed by atoms with E-state index in [1.807, 2.05) is 13.8 Å². The highest BCUT2D eigenvalue weighted by atomic mass is 16.6. The molecule has 1 rings (SSSR count). The Morgan fingerprint density at radius 3 is 2.75 bits per heavy atom. The first kappa shape index (κ1) is 12.9. The summed E-state index contributed by atoms with van der Waals surface area (Å²) in [6, 6.07) is 0.426. The maximum Gasteiger partial charge on any atom is 0.411 e. The van der Waals surface area contributed by atoms with E-state index < -0.39 is 5.60 Å². The van der Waals surface area contributed by atoms with Crippen molar-refractivity contribution in [2.24, 2.45) is 0 Å². The van der Waals surface area contributed by atoms with Gasteiger partial charge in [-0.1, -0.05) is 5.92 Å². The smallest absolute Gasteiger partial charge is 0.411 e. The Bertz CT molecular complexity index is 307. The number of rotatable bonds is 1. The topological polar surface area (TPSA) is 41.6 Å². The Labute approximate surface area is 97.3 Å². The standard InChI is InChI=1S/C12H20N2O2/c1-6-12(4,5)16-11(15)14-8-9(2)13-7-10(14)3/h1,9-10,13H,7-8H2,2-5H3/t9-,10+/m0/s1. The number of carbonyl (C=O) groups excluding carboxylic acids is 1. The third-order valence-corrected chi connectivity index (χ3v) is 2.69. The molecule has 2 atom stereocenters. The SMILES string of the molecule is C#CC(C)(C)OC(=O)N1C[C@H](C)NC[C@H]1C. The molecule has 16 heavy (non-hydrogen) atoms. The Balaban J connectivity index is 2.63. The molecule has 0 bridgehead atoms. The van der Waals surface area contributed by atoms with E-state index in [1.165, 1.54) is 0 Å². The van der Waals surface area contributed by atoms with Crippen LogP contribution in [0.4, 0.5) is 4.79 Å². The molecule has 0 unspecified atom stereocenters. The van der Waals surface area contributed by atoms with Crippen LogP contribution in [0.5, 0.6) is 0 Å².